The minimum atomic E-state index is -1.05. The summed E-state index contributed by atoms with van der Waals surface area (Å²) in [5.41, 5.74) is 1.18. The highest BCUT2D eigenvalue weighted by atomic mass is 16.5. The molecule has 126 valence electrons. The number of benzene rings is 1. The number of hydrogen-bond donors (Lipinski definition) is 2. The highest BCUT2D eigenvalue weighted by molar-refractivity contribution is 5.94. The molecule has 0 aliphatic carbocycles. The maximum atomic E-state index is 11.4. The summed E-state index contributed by atoms with van der Waals surface area (Å²) < 4.78 is 5.65. The fraction of sp³-hybridized carbons (Fsp3) is 0.389. The molecule has 6 nitrogen and oxygen atoms in total. The first kappa shape index (κ1) is 16.4. The molecule has 0 radical (unpaired) electrons. The average Bonchev–Trinajstić information content (AvgIpc) is 2.63. The molecule has 2 aromatic rings. The Balaban J connectivity index is 1.71. The largest absolute Gasteiger partial charge is 0.478 e. The summed E-state index contributed by atoms with van der Waals surface area (Å²) in [4.78, 5) is 19.7. The van der Waals surface area contributed by atoms with Gasteiger partial charge in [-0.15, -0.1) is 0 Å². The van der Waals surface area contributed by atoms with E-state index >= 15 is 0 Å². The third kappa shape index (κ3) is 4.08. The Hall–Kier alpha value is -2.47. The third-order valence-electron chi connectivity index (χ3n) is 4.15. The number of hydrogen-bond acceptors (Lipinski definition) is 5. The zero-order chi connectivity index (χ0) is 16.8. The van der Waals surface area contributed by atoms with Crippen LogP contribution in [0.5, 0.6) is 6.01 Å². The lowest BCUT2D eigenvalue weighted by atomic mass is 10.0. The van der Waals surface area contributed by atoms with Gasteiger partial charge >= 0.3 is 12.0 Å². The third-order valence-corrected chi connectivity index (χ3v) is 4.15. The van der Waals surface area contributed by atoms with Crippen molar-refractivity contribution in [1.82, 2.24) is 15.3 Å². The number of piperidine rings is 1. The SMILES string of the molecule is O=C(O)c1cnc(OCCC2CCCCN2)nc1-c1ccccc1. The molecule has 0 spiro atoms. The molecule has 1 unspecified atom stereocenters. The van der Waals surface area contributed by atoms with Crippen molar-refractivity contribution in [1.29, 1.82) is 0 Å². The molecule has 2 N–H and O–H groups in total. The van der Waals surface area contributed by atoms with E-state index in [0.717, 1.165) is 24.9 Å². The van der Waals surface area contributed by atoms with Crippen molar-refractivity contribution in [3.63, 3.8) is 0 Å². The van der Waals surface area contributed by atoms with Crippen LogP contribution in [0.1, 0.15) is 36.0 Å². The number of ether oxygens (including phenoxy) is 1. The van der Waals surface area contributed by atoms with E-state index in [-0.39, 0.29) is 11.6 Å². The Labute approximate surface area is 140 Å². The summed E-state index contributed by atoms with van der Waals surface area (Å²) in [7, 11) is 0. The monoisotopic (exact) mass is 327 g/mol. The number of nitrogens with one attached hydrogen (secondary N) is 1. The van der Waals surface area contributed by atoms with E-state index in [1.54, 1.807) is 0 Å². The number of nitrogens with zero attached hydrogens (tertiary/aromatic N) is 2. The second-order valence-electron chi connectivity index (χ2n) is 5.87. The number of rotatable bonds is 6. The zero-order valence-electron chi connectivity index (χ0n) is 13.4. The smallest absolute Gasteiger partial charge is 0.339 e. The second-order valence-corrected chi connectivity index (χ2v) is 5.87. The molecular formula is C18H21N3O3. The zero-order valence-corrected chi connectivity index (χ0v) is 13.4. The quantitative estimate of drug-likeness (QED) is 0.849. The number of carboxylic acids is 1. The Morgan fingerprint density at radius 3 is 2.83 bits per heavy atom. The van der Waals surface area contributed by atoms with Crippen LogP contribution >= 0.6 is 0 Å². The van der Waals surface area contributed by atoms with Crippen LogP contribution in [0.15, 0.2) is 36.5 Å². The van der Waals surface area contributed by atoms with Gasteiger partial charge in [0.05, 0.1) is 12.3 Å². The van der Waals surface area contributed by atoms with Crippen molar-refractivity contribution in [2.75, 3.05) is 13.2 Å². The van der Waals surface area contributed by atoms with Gasteiger partial charge < -0.3 is 15.2 Å². The Bertz CT molecular complexity index is 685. The molecular weight excluding hydrogens is 306 g/mol. The average molecular weight is 327 g/mol. The summed E-state index contributed by atoms with van der Waals surface area (Å²) in [6, 6.07) is 9.91. The van der Waals surface area contributed by atoms with Crippen LogP contribution in [0.4, 0.5) is 0 Å². The highest BCUT2D eigenvalue weighted by Gasteiger charge is 2.16. The van der Waals surface area contributed by atoms with E-state index in [2.05, 4.69) is 15.3 Å². The van der Waals surface area contributed by atoms with Crippen LogP contribution in [-0.4, -0.2) is 40.2 Å². The molecule has 0 amide bonds. The fourth-order valence-electron chi connectivity index (χ4n) is 2.87. The van der Waals surface area contributed by atoms with E-state index in [0.29, 0.717) is 18.3 Å². The fourth-order valence-corrected chi connectivity index (χ4v) is 2.87. The summed E-state index contributed by atoms with van der Waals surface area (Å²) >= 11 is 0. The number of carbonyl (C=O) groups is 1. The molecule has 1 fully saturated rings. The molecule has 0 saturated carbocycles. The van der Waals surface area contributed by atoms with Crippen LogP contribution in [-0.2, 0) is 0 Å². The summed E-state index contributed by atoms with van der Waals surface area (Å²) in [6.07, 6.45) is 5.85. The second kappa shape index (κ2) is 7.88. The maximum absolute atomic E-state index is 11.4. The lowest BCUT2D eigenvalue weighted by Gasteiger charge is -2.23. The van der Waals surface area contributed by atoms with Crippen molar-refractivity contribution in [2.45, 2.75) is 31.7 Å². The Kier molecular flexibility index (Phi) is 5.38. The van der Waals surface area contributed by atoms with Crippen LogP contribution < -0.4 is 10.1 Å². The maximum Gasteiger partial charge on any atom is 0.339 e. The van der Waals surface area contributed by atoms with Crippen LogP contribution in [0.25, 0.3) is 11.3 Å². The minimum absolute atomic E-state index is 0.0718. The Morgan fingerprint density at radius 1 is 1.29 bits per heavy atom. The Morgan fingerprint density at radius 2 is 2.12 bits per heavy atom. The van der Waals surface area contributed by atoms with Crippen molar-refractivity contribution >= 4 is 5.97 Å². The first-order valence-electron chi connectivity index (χ1n) is 8.26. The van der Waals surface area contributed by atoms with Crippen LogP contribution in [0.3, 0.4) is 0 Å². The van der Waals surface area contributed by atoms with Crippen LogP contribution in [0.2, 0.25) is 0 Å². The highest BCUT2D eigenvalue weighted by Crippen LogP contribution is 2.23. The van der Waals surface area contributed by atoms with Crippen molar-refractivity contribution < 1.29 is 14.6 Å². The van der Waals surface area contributed by atoms with Crippen LogP contribution in [0, 0.1) is 0 Å². The molecule has 24 heavy (non-hydrogen) atoms. The molecule has 3 rings (SSSR count). The lowest BCUT2D eigenvalue weighted by Crippen LogP contribution is -2.35. The van der Waals surface area contributed by atoms with Gasteiger partial charge in [0.1, 0.15) is 5.56 Å². The van der Waals surface area contributed by atoms with E-state index < -0.39 is 5.97 Å². The van der Waals surface area contributed by atoms with Gasteiger partial charge in [0.25, 0.3) is 0 Å². The van der Waals surface area contributed by atoms with E-state index in [1.807, 2.05) is 30.3 Å². The molecule has 2 heterocycles. The van der Waals surface area contributed by atoms with Gasteiger partial charge in [-0.25, -0.2) is 9.78 Å². The lowest BCUT2D eigenvalue weighted by molar-refractivity contribution is 0.0696. The standard InChI is InChI=1S/C18H21N3O3/c22-17(23)15-12-20-18(21-16(15)13-6-2-1-3-7-13)24-11-9-14-8-4-5-10-19-14/h1-3,6-7,12,14,19H,4-5,8-11H2,(H,22,23). The molecule has 1 saturated heterocycles. The van der Waals surface area contributed by atoms with Gasteiger partial charge in [-0.2, -0.15) is 4.98 Å². The number of aromatic nitrogens is 2. The molecule has 1 atom stereocenters. The molecule has 1 aromatic carbocycles. The molecule has 6 heteroatoms. The van der Waals surface area contributed by atoms with E-state index in [1.165, 1.54) is 19.0 Å². The molecule has 0 bridgehead atoms. The molecule has 1 aliphatic rings. The van der Waals surface area contributed by atoms with Crippen molar-refractivity contribution in [3.05, 3.63) is 42.1 Å². The van der Waals surface area contributed by atoms with Gasteiger partial charge in [0, 0.05) is 17.8 Å². The van der Waals surface area contributed by atoms with Gasteiger partial charge in [-0.3, -0.25) is 0 Å². The van der Waals surface area contributed by atoms with Gasteiger partial charge in [-0.1, -0.05) is 36.8 Å². The summed E-state index contributed by atoms with van der Waals surface area (Å²) in [5.74, 6) is -1.05. The topological polar surface area (TPSA) is 84.3 Å². The predicted octanol–water partition coefficient (Wildman–Crippen LogP) is 2.75. The van der Waals surface area contributed by atoms with Gasteiger partial charge in [0.15, 0.2) is 0 Å². The van der Waals surface area contributed by atoms with Crippen molar-refractivity contribution in [2.24, 2.45) is 0 Å². The molecule has 1 aromatic heterocycles. The number of carboxylic acid groups (broad SMARTS) is 1. The van der Waals surface area contributed by atoms with E-state index in [9.17, 15) is 9.90 Å². The first-order chi connectivity index (χ1) is 11.7. The first-order valence-corrected chi connectivity index (χ1v) is 8.26. The normalized spacial score (nSPS) is 17.4. The summed E-state index contributed by atoms with van der Waals surface area (Å²) in [6.45, 7) is 1.57. The predicted molar refractivity (Wildman–Crippen MR) is 90.2 cm³/mol. The van der Waals surface area contributed by atoms with Gasteiger partial charge in [0.2, 0.25) is 0 Å². The van der Waals surface area contributed by atoms with E-state index in [4.69, 9.17) is 4.74 Å². The summed E-state index contributed by atoms with van der Waals surface area (Å²) in [5, 5.41) is 12.8. The van der Waals surface area contributed by atoms with Gasteiger partial charge in [-0.05, 0) is 25.8 Å². The minimum Gasteiger partial charge on any atom is -0.478 e. The molecule has 1 aliphatic heterocycles. The van der Waals surface area contributed by atoms with Crippen molar-refractivity contribution in [3.8, 4) is 17.3 Å². The number of aromatic carboxylic acids is 1.